The zero-order valence-corrected chi connectivity index (χ0v) is 60.3. The maximum Gasteiger partial charge on any atom is 0.268 e. The third-order valence-corrected chi connectivity index (χ3v) is 19.4. The number of unbranched alkanes of at least 4 members (excludes halogenated alkanes) is 2. The number of aromatic nitrogens is 1. The van der Waals surface area contributed by atoms with Crippen LogP contribution in [0.1, 0.15) is 212 Å². The van der Waals surface area contributed by atoms with Gasteiger partial charge in [-0.2, -0.15) is 13.3 Å². The number of nitrogens with zero attached hydrogens (tertiary/aromatic N) is 2. The number of methoxy groups -OCH3 is 2. The lowest BCUT2D eigenvalue weighted by Crippen LogP contribution is -2.50. The highest BCUT2D eigenvalue weighted by Crippen LogP contribution is 2.39. The fourth-order valence-corrected chi connectivity index (χ4v) is 12.8. The summed E-state index contributed by atoms with van der Waals surface area (Å²) in [5.41, 5.74) is 2.89. The molecule has 0 saturated heterocycles. The van der Waals surface area contributed by atoms with Crippen molar-refractivity contribution in [2.24, 2.45) is 52.5 Å². The molecular formula is C71H132N4O12S. The molecule has 0 amide bonds. The maximum absolute atomic E-state index is 12.8. The first kappa shape index (κ1) is 86.7. The summed E-state index contributed by atoms with van der Waals surface area (Å²) in [4.78, 5) is 21.4. The Morgan fingerprint density at radius 3 is 2.06 bits per heavy atom. The molecule has 6 N–H and O–H groups in total. The van der Waals surface area contributed by atoms with Crippen LogP contribution >= 0.6 is 0 Å². The van der Waals surface area contributed by atoms with Crippen molar-refractivity contribution in [1.82, 2.24) is 15.2 Å². The molecule has 12 atom stereocenters. The van der Waals surface area contributed by atoms with E-state index in [9.17, 15) is 33.6 Å². The highest BCUT2D eigenvalue weighted by atomic mass is 32.2. The Kier molecular flexibility index (Phi) is 44.4. The Hall–Kier alpha value is -3.36. The minimum absolute atomic E-state index is 0.0593. The van der Waals surface area contributed by atoms with Crippen molar-refractivity contribution in [2.75, 3.05) is 67.4 Å². The van der Waals surface area contributed by atoms with Crippen LogP contribution in [-0.2, 0) is 41.5 Å². The predicted octanol–water partition coefficient (Wildman–Crippen LogP) is 14.6. The Labute approximate surface area is 537 Å². The lowest BCUT2D eigenvalue weighted by molar-refractivity contribution is -0.119. The van der Waals surface area contributed by atoms with Gasteiger partial charge in [-0.15, -0.1) is 0 Å². The summed E-state index contributed by atoms with van der Waals surface area (Å²) in [5.74, 6) is 2.02. The van der Waals surface area contributed by atoms with Gasteiger partial charge in [-0.1, -0.05) is 131 Å². The molecule has 1 aromatic heterocycles. The molecule has 16 nitrogen and oxygen atoms in total. The zero-order chi connectivity index (χ0) is 68.2. The van der Waals surface area contributed by atoms with E-state index < -0.39 is 27.4 Å². The van der Waals surface area contributed by atoms with Crippen LogP contribution in [0.15, 0.2) is 65.3 Å². The molecule has 1 aromatic carbocycles. The Morgan fingerprint density at radius 1 is 0.920 bits per heavy atom. The normalized spacial score (nSPS) is 21.7. The van der Waals surface area contributed by atoms with Gasteiger partial charge in [-0.05, 0) is 198 Å². The second-order valence-electron chi connectivity index (χ2n) is 26.1. The number of aliphatic hydroxyl groups excluding tert-OH is 3. The van der Waals surface area contributed by atoms with E-state index in [-0.39, 0.29) is 64.0 Å². The number of nitroso groups, excluding NO2 is 1. The van der Waals surface area contributed by atoms with Crippen LogP contribution in [0.5, 0.6) is 0 Å². The number of rotatable bonds is 32. The number of fused-ring (bicyclic) bond motifs is 1. The Bertz CT molecular complexity index is 2430. The van der Waals surface area contributed by atoms with Gasteiger partial charge in [0.2, 0.25) is 0 Å². The highest BCUT2D eigenvalue weighted by molar-refractivity contribution is 7.86. The predicted molar refractivity (Wildman–Crippen MR) is 371 cm³/mol. The summed E-state index contributed by atoms with van der Waals surface area (Å²) < 4.78 is 49.7. The number of aliphatic hydroxyl groups is 4. The number of hydrogen-bond acceptors (Lipinski definition) is 15. The Morgan fingerprint density at radius 2 is 1.52 bits per heavy atom. The molecule has 4 rings (SSSR count). The van der Waals surface area contributed by atoms with Crippen LogP contribution in [0.4, 0.5) is 0 Å². The van der Waals surface area contributed by atoms with Crippen LogP contribution in [-0.4, -0.2) is 136 Å². The SMILES string of the molecule is C=C(C(C)CC(C)(O)C(C)C)C(CC)CC(C)(C)OC.C=C(CC)C(C)C(O)C(C)CC1CCCC(C)C1O.C=C(O)c1cn(CC)c2ccc(CCOCCCCCNCCS(=O)(=O)OC3C(C)CCCC3(C)OC)cc2c1=O.CC.CN=O.CNC. The number of aryl methyl sites for hydroxylation is 1. The summed E-state index contributed by atoms with van der Waals surface area (Å²) in [6.07, 6.45) is 15.0. The van der Waals surface area contributed by atoms with Gasteiger partial charge in [0.1, 0.15) is 11.9 Å². The zero-order valence-electron chi connectivity index (χ0n) is 59.5. The molecule has 12 unspecified atom stereocenters. The average molecular weight is 1270 g/mol. The smallest absolute Gasteiger partial charge is 0.268 e. The summed E-state index contributed by atoms with van der Waals surface area (Å²) in [7, 11) is 4.69. The monoisotopic (exact) mass is 1260 g/mol. The van der Waals surface area contributed by atoms with E-state index in [1.54, 1.807) is 20.4 Å². The fraction of sp³-hybridized carbons (Fsp3) is 0.789. The summed E-state index contributed by atoms with van der Waals surface area (Å²) in [6.45, 7) is 47.9. The fourth-order valence-electron chi connectivity index (χ4n) is 11.6. The number of nitrogens with one attached hydrogen (secondary N) is 2. The molecular weight excluding hydrogens is 1130 g/mol. The summed E-state index contributed by atoms with van der Waals surface area (Å²) in [5, 5.41) is 49.8. The quantitative estimate of drug-likeness (QED) is 0.0132. The van der Waals surface area contributed by atoms with Crippen molar-refractivity contribution in [2.45, 2.75) is 249 Å². The molecule has 0 bridgehead atoms. The second-order valence-corrected chi connectivity index (χ2v) is 27.8. The van der Waals surface area contributed by atoms with Gasteiger partial charge >= 0.3 is 0 Å². The van der Waals surface area contributed by atoms with Gasteiger partial charge in [0, 0.05) is 51.4 Å². The van der Waals surface area contributed by atoms with Crippen molar-refractivity contribution in [3.05, 3.63) is 81.5 Å². The van der Waals surface area contributed by atoms with E-state index in [0.717, 1.165) is 107 Å². The third-order valence-electron chi connectivity index (χ3n) is 18.2. The molecule has 88 heavy (non-hydrogen) atoms. The van der Waals surface area contributed by atoms with Gasteiger partial charge in [0.05, 0.1) is 59.5 Å². The first-order valence-corrected chi connectivity index (χ1v) is 34.9. The first-order chi connectivity index (χ1) is 41.2. The summed E-state index contributed by atoms with van der Waals surface area (Å²) in [6, 6.07) is 5.83. The van der Waals surface area contributed by atoms with E-state index in [1.165, 1.54) is 19.0 Å². The standard InChI is InChI=1S/C31H48N2O7S.C18H36O2.C17H32O2.C2H7N.C2H6.CH3NO/c1-6-33-22-27(24(3)34)29(35)26-21-25(12-13-28(26)33)14-19-39-18-9-7-8-16-32-17-20-41(36,37)40-30-23(2)11-10-15-31(30,4)38-5;1-10-16(12-17(6,7)20-9)15(5)14(4)11-18(8,19)13(2)3;1-6-11(2)14(5)16(18)13(4)10-15-9-7-8-12(3)17(15)19;1-3-2;1-2;1-2-3/h12-13,21-23,30,32,34H,3,6-11,14-20H2,1-2,4-5H3;13-14,16,19H,5,10-12H2,1-4,6-9H3;12-19H,2,6-10H2,1,3-5H3;3H,1-2H3;1-2H3;1H3. The number of ether oxygens (including phenoxy) is 3. The van der Waals surface area contributed by atoms with Crippen LogP contribution in [0.3, 0.4) is 0 Å². The molecule has 514 valence electrons. The van der Waals surface area contributed by atoms with Crippen molar-refractivity contribution in [1.29, 1.82) is 0 Å². The molecule has 1 heterocycles. The van der Waals surface area contributed by atoms with E-state index in [4.69, 9.17) is 23.3 Å². The van der Waals surface area contributed by atoms with E-state index in [1.807, 2.05) is 78.4 Å². The second kappa shape index (κ2) is 45.0. The van der Waals surface area contributed by atoms with Gasteiger partial charge < -0.3 is 49.8 Å². The minimum atomic E-state index is -3.65. The summed E-state index contributed by atoms with van der Waals surface area (Å²) >= 11 is 0. The van der Waals surface area contributed by atoms with Crippen LogP contribution in [0.25, 0.3) is 16.7 Å². The number of benzene rings is 1. The topological polar surface area (TPSA) is 227 Å². The molecule has 2 aliphatic carbocycles. The van der Waals surface area contributed by atoms with E-state index in [2.05, 4.69) is 105 Å². The molecule has 2 fully saturated rings. The van der Waals surface area contributed by atoms with Crippen molar-refractivity contribution in [3.8, 4) is 0 Å². The van der Waals surface area contributed by atoms with Crippen molar-refractivity contribution >= 4 is 26.8 Å². The van der Waals surface area contributed by atoms with E-state index in [0.29, 0.717) is 61.8 Å². The van der Waals surface area contributed by atoms with E-state index >= 15 is 0 Å². The van der Waals surface area contributed by atoms with Gasteiger partial charge in [-0.25, -0.2) is 0 Å². The van der Waals surface area contributed by atoms with Gasteiger partial charge in [0.15, 0.2) is 5.43 Å². The lowest BCUT2D eigenvalue weighted by Gasteiger charge is -2.42. The van der Waals surface area contributed by atoms with Crippen molar-refractivity contribution in [3.63, 3.8) is 0 Å². The molecule has 0 radical (unpaired) electrons. The first-order valence-electron chi connectivity index (χ1n) is 33.3. The average Bonchev–Trinajstić information content (AvgIpc) is 2.78. The highest BCUT2D eigenvalue weighted by Gasteiger charge is 2.44. The molecule has 0 aliphatic heterocycles. The van der Waals surface area contributed by atoms with Crippen LogP contribution in [0, 0.1) is 52.3 Å². The Balaban J connectivity index is 0. The lowest BCUT2D eigenvalue weighted by atomic mass is 9.74. The number of hydrogen-bond donors (Lipinski definition) is 6. The minimum Gasteiger partial charge on any atom is -0.508 e. The van der Waals surface area contributed by atoms with Gasteiger partial charge in [-0.3, -0.25) is 8.98 Å². The van der Waals surface area contributed by atoms with Crippen LogP contribution in [0.2, 0.25) is 0 Å². The molecule has 2 aromatic rings. The van der Waals surface area contributed by atoms with Crippen molar-refractivity contribution < 1.29 is 47.2 Å². The van der Waals surface area contributed by atoms with Crippen LogP contribution < -0.4 is 16.1 Å². The maximum atomic E-state index is 12.8. The number of pyridine rings is 1. The molecule has 2 saturated carbocycles. The third kappa shape index (κ3) is 31.3. The molecule has 17 heteroatoms. The molecule has 2 aliphatic rings. The largest absolute Gasteiger partial charge is 0.508 e. The van der Waals surface area contributed by atoms with Gasteiger partial charge in [0.25, 0.3) is 10.1 Å². The molecule has 0 spiro atoms. The number of allylic oxidation sites excluding steroid dienone is 1.